The summed E-state index contributed by atoms with van der Waals surface area (Å²) in [6.07, 6.45) is 5.53. The quantitative estimate of drug-likeness (QED) is 0.521. The van der Waals surface area contributed by atoms with Crippen LogP contribution in [0, 0.1) is 0 Å². The molecule has 8 heteroatoms. The van der Waals surface area contributed by atoms with E-state index in [-0.39, 0.29) is 0 Å². The molecule has 0 radical (unpaired) electrons. The maximum Gasteiger partial charge on any atom is 0.228 e. The van der Waals surface area contributed by atoms with Crippen LogP contribution >= 0.6 is 0 Å². The Hall–Kier alpha value is -3.78. The molecule has 1 saturated heterocycles. The van der Waals surface area contributed by atoms with Gasteiger partial charge in [-0.3, -0.25) is 9.98 Å². The van der Waals surface area contributed by atoms with E-state index in [0.29, 0.717) is 36.4 Å². The van der Waals surface area contributed by atoms with Crippen LogP contribution in [0.5, 0.6) is 5.75 Å². The third kappa shape index (κ3) is 5.07. The predicted octanol–water partition coefficient (Wildman–Crippen LogP) is 4.51. The number of anilines is 3. The molecule has 1 fully saturated rings. The predicted molar refractivity (Wildman–Crippen MR) is 136 cm³/mol. The molecule has 1 aliphatic rings. The Morgan fingerprint density at radius 2 is 1.91 bits per heavy atom. The molecule has 0 saturated carbocycles. The number of benzene rings is 1. The first-order valence-electron chi connectivity index (χ1n) is 11.3. The third-order valence-electron chi connectivity index (χ3n) is 5.73. The van der Waals surface area contributed by atoms with Crippen molar-refractivity contribution in [3.05, 3.63) is 66.0 Å². The highest BCUT2D eigenvalue weighted by atomic mass is 16.5. The maximum absolute atomic E-state index is 5.85. The summed E-state index contributed by atoms with van der Waals surface area (Å²) in [7, 11) is 3.45. The molecule has 0 atom stereocenters. The van der Waals surface area contributed by atoms with Gasteiger partial charge in [0.2, 0.25) is 5.95 Å². The SMILES string of the molecule is C/C=C(/C)C(=NC)c1cccc(-c2nc(N3CCOCC3)nc(Nc3ccncc3)c2OC)c1. The Bertz CT molecular complexity index is 1190. The monoisotopic (exact) mass is 458 g/mol. The van der Waals surface area contributed by atoms with Gasteiger partial charge in [0.1, 0.15) is 5.69 Å². The van der Waals surface area contributed by atoms with Gasteiger partial charge >= 0.3 is 0 Å². The number of aliphatic imine (C=N–C) groups is 1. The number of nitrogens with one attached hydrogen (secondary N) is 1. The van der Waals surface area contributed by atoms with Gasteiger partial charge in [-0.05, 0) is 37.6 Å². The number of hydrogen-bond acceptors (Lipinski definition) is 8. The van der Waals surface area contributed by atoms with Crippen LogP contribution in [0.25, 0.3) is 11.3 Å². The minimum atomic E-state index is 0.573. The minimum absolute atomic E-state index is 0.573. The molecule has 4 rings (SSSR count). The van der Waals surface area contributed by atoms with Gasteiger partial charge in [-0.2, -0.15) is 4.98 Å². The molecule has 8 nitrogen and oxygen atoms in total. The lowest BCUT2D eigenvalue weighted by Crippen LogP contribution is -2.37. The molecule has 3 aromatic rings. The van der Waals surface area contributed by atoms with E-state index < -0.39 is 0 Å². The van der Waals surface area contributed by atoms with E-state index >= 15 is 0 Å². The number of ether oxygens (including phenoxy) is 2. The second-order valence-electron chi connectivity index (χ2n) is 7.84. The lowest BCUT2D eigenvalue weighted by Gasteiger charge is -2.28. The van der Waals surface area contributed by atoms with Crippen molar-refractivity contribution in [3.8, 4) is 17.0 Å². The minimum Gasteiger partial charge on any atom is -0.491 e. The Morgan fingerprint density at radius 1 is 1.15 bits per heavy atom. The number of rotatable bonds is 7. The van der Waals surface area contributed by atoms with Crippen LogP contribution in [0.15, 0.2) is 65.4 Å². The Morgan fingerprint density at radius 3 is 2.59 bits per heavy atom. The molecule has 0 spiro atoms. The van der Waals surface area contributed by atoms with Crippen molar-refractivity contribution in [1.29, 1.82) is 0 Å². The van der Waals surface area contributed by atoms with Gasteiger partial charge in [-0.1, -0.05) is 24.3 Å². The van der Waals surface area contributed by atoms with Crippen molar-refractivity contribution in [3.63, 3.8) is 0 Å². The molecular weight excluding hydrogens is 428 g/mol. The first-order valence-corrected chi connectivity index (χ1v) is 11.3. The first-order chi connectivity index (χ1) is 16.6. The number of hydrogen-bond donors (Lipinski definition) is 1. The van der Waals surface area contributed by atoms with Crippen molar-refractivity contribution in [2.75, 3.05) is 50.7 Å². The highest BCUT2D eigenvalue weighted by Gasteiger charge is 2.22. The fourth-order valence-corrected chi connectivity index (χ4v) is 3.87. The third-order valence-corrected chi connectivity index (χ3v) is 5.73. The Kier molecular flexibility index (Phi) is 7.49. The lowest BCUT2D eigenvalue weighted by molar-refractivity contribution is 0.122. The van der Waals surface area contributed by atoms with Gasteiger partial charge < -0.3 is 19.7 Å². The zero-order valence-corrected chi connectivity index (χ0v) is 20.1. The van der Waals surface area contributed by atoms with E-state index in [2.05, 4.69) is 45.3 Å². The van der Waals surface area contributed by atoms with Crippen molar-refractivity contribution < 1.29 is 9.47 Å². The van der Waals surface area contributed by atoms with Crippen LogP contribution in [-0.4, -0.2) is 61.1 Å². The number of aromatic nitrogens is 3. The zero-order valence-electron chi connectivity index (χ0n) is 20.1. The van der Waals surface area contributed by atoms with Gasteiger partial charge in [-0.25, -0.2) is 4.98 Å². The number of allylic oxidation sites excluding steroid dienone is 2. The summed E-state index contributed by atoms with van der Waals surface area (Å²) in [4.78, 5) is 20.5. The smallest absolute Gasteiger partial charge is 0.228 e. The molecule has 1 N–H and O–H groups in total. The molecule has 176 valence electrons. The summed E-state index contributed by atoms with van der Waals surface area (Å²) in [5.74, 6) is 1.80. The molecule has 1 aliphatic heterocycles. The van der Waals surface area contributed by atoms with E-state index in [4.69, 9.17) is 19.4 Å². The summed E-state index contributed by atoms with van der Waals surface area (Å²) in [5, 5.41) is 3.38. The molecule has 1 aromatic carbocycles. The van der Waals surface area contributed by atoms with Crippen LogP contribution in [-0.2, 0) is 4.74 Å². The topological polar surface area (TPSA) is 84.8 Å². The molecule has 0 aliphatic carbocycles. The van der Waals surface area contributed by atoms with Crippen LogP contribution < -0.4 is 15.0 Å². The molecule has 2 aromatic heterocycles. The summed E-state index contributed by atoms with van der Waals surface area (Å²) >= 11 is 0. The van der Waals surface area contributed by atoms with Crippen LogP contribution in [0.4, 0.5) is 17.5 Å². The van der Waals surface area contributed by atoms with Crippen LogP contribution in [0.3, 0.4) is 0 Å². The largest absolute Gasteiger partial charge is 0.491 e. The van der Waals surface area contributed by atoms with Gasteiger partial charge in [0.15, 0.2) is 11.6 Å². The van der Waals surface area contributed by atoms with E-state index in [9.17, 15) is 0 Å². The van der Waals surface area contributed by atoms with E-state index in [1.165, 1.54) is 0 Å². The highest BCUT2D eigenvalue weighted by molar-refractivity contribution is 6.12. The second-order valence-corrected chi connectivity index (χ2v) is 7.84. The Balaban J connectivity index is 1.85. The van der Waals surface area contributed by atoms with Crippen molar-refractivity contribution in [1.82, 2.24) is 15.0 Å². The number of pyridine rings is 1. The number of nitrogens with zero attached hydrogens (tertiary/aromatic N) is 5. The summed E-state index contributed by atoms with van der Waals surface area (Å²) in [6.45, 7) is 6.83. The molecule has 0 unspecified atom stereocenters. The lowest BCUT2D eigenvalue weighted by atomic mass is 9.99. The van der Waals surface area contributed by atoms with Crippen LogP contribution in [0.2, 0.25) is 0 Å². The molecule has 0 amide bonds. The summed E-state index contributed by atoms with van der Waals surface area (Å²) < 4.78 is 11.4. The van der Waals surface area contributed by atoms with E-state index in [0.717, 1.165) is 41.2 Å². The average molecular weight is 459 g/mol. The molecule has 34 heavy (non-hydrogen) atoms. The van der Waals surface area contributed by atoms with Crippen molar-refractivity contribution in [2.24, 2.45) is 4.99 Å². The molecular formula is C26H30N6O2. The van der Waals surface area contributed by atoms with E-state index in [1.54, 1.807) is 19.5 Å². The van der Waals surface area contributed by atoms with Gasteiger partial charge in [0.05, 0.1) is 26.0 Å². The van der Waals surface area contributed by atoms with Gasteiger partial charge in [0.25, 0.3) is 0 Å². The number of methoxy groups -OCH3 is 1. The van der Waals surface area contributed by atoms with Gasteiger partial charge in [0, 0.05) is 49.3 Å². The normalized spacial score (nSPS) is 14.8. The fraction of sp³-hybridized carbons (Fsp3) is 0.308. The number of morpholine rings is 1. The van der Waals surface area contributed by atoms with Crippen LogP contribution in [0.1, 0.15) is 19.4 Å². The fourth-order valence-electron chi connectivity index (χ4n) is 3.87. The summed E-state index contributed by atoms with van der Waals surface area (Å²) in [5.41, 5.74) is 5.58. The second kappa shape index (κ2) is 10.9. The van der Waals surface area contributed by atoms with Gasteiger partial charge in [-0.15, -0.1) is 0 Å². The van der Waals surface area contributed by atoms with Crippen molar-refractivity contribution in [2.45, 2.75) is 13.8 Å². The van der Waals surface area contributed by atoms with E-state index in [1.807, 2.05) is 38.2 Å². The van der Waals surface area contributed by atoms with Crippen molar-refractivity contribution >= 4 is 23.2 Å². The first kappa shape index (κ1) is 23.4. The average Bonchev–Trinajstić information content (AvgIpc) is 2.90. The molecule has 0 bridgehead atoms. The highest BCUT2D eigenvalue weighted by Crippen LogP contribution is 2.37. The maximum atomic E-state index is 5.85. The summed E-state index contributed by atoms with van der Waals surface area (Å²) in [6, 6.07) is 12.0. The Labute approximate surface area is 200 Å². The zero-order chi connectivity index (χ0) is 23.9. The molecule has 3 heterocycles. The standard InChI is InChI=1S/C26H30N6O2/c1-5-18(2)22(27-3)19-7-6-8-20(17-19)23-24(33-4)25(29-21-9-11-28-12-10-21)31-26(30-23)32-13-15-34-16-14-32/h5-12,17H,13-16H2,1-4H3,(H,28,29,30,31)/b18-5-,27-22?.